The Labute approximate surface area is 149 Å². The second kappa shape index (κ2) is 7.52. The highest BCUT2D eigenvalue weighted by atomic mass is 16.5. The van der Waals surface area contributed by atoms with Gasteiger partial charge in [0.15, 0.2) is 5.65 Å². The molecule has 0 bridgehead atoms. The van der Waals surface area contributed by atoms with Gasteiger partial charge in [-0.05, 0) is 45.6 Å². The predicted molar refractivity (Wildman–Crippen MR) is 96.9 cm³/mol. The van der Waals surface area contributed by atoms with E-state index in [1.165, 1.54) is 19.3 Å². The molecule has 0 aliphatic heterocycles. The topological polar surface area (TPSA) is 68.5 Å². The lowest BCUT2D eigenvalue weighted by Gasteiger charge is -2.28. The molecule has 2 aromatic rings. The van der Waals surface area contributed by atoms with Crippen LogP contribution in [0.15, 0.2) is 6.07 Å². The highest BCUT2D eigenvalue weighted by Gasteiger charge is 2.22. The van der Waals surface area contributed by atoms with Gasteiger partial charge in [0.2, 0.25) is 0 Å². The molecular formula is C19H28N4O2. The molecule has 6 heteroatoms. The summed E-state index contributed by atoms with van der Waals surface area (Å²) in [5.41, 5.74) is 3.72. The average Bonchev–Trinajstić information content (AvgIpc) is 2.89. The number of nitrogens with one attached hydrogen (secondary N) is 1. The normalized spacial score (nSPS) is 20.8. The van der Waals surface area contributed by atoms with Crippen molar-refractivity contribution in [2.75, 3.05) is 13.2 Å². The molecule has 6 nitrogen and oxygen atoms in total. The minimum Gasteiger partial charge on any atom is -0.376 e. The van der Waals surface area contributed by atoms with Crippen molar-refractivity contribution >= 4 is 11.6 Å². The van der Waals surface area contributed by atoms with Gasteiger partial charge in [0, 0.05) is 17.9 Å². The fourth-order valence-electron chi connectivity index (χ4n) is 3.69. The molecule has 25 heavy (non-hydrogen) atoms. The first kappa shape index (κ1) is 17.9. The second-order valence-corrected chi connectivity index (χ2v) is 7.16. The molecule has 0 aromatic carbocycles. The maximum atomic E-state index is 12.6. The van der Waals surface area contributed by atoms with Gasteiger partial charge in [0.25, 0.3) is 5.91 Å². The molecule has 0 saturated heterocycles. The van der Waals surface area contributed by atoms with Crippen molar-refractivity contribution in [3.8, 4) is 0 Å². The molecule has 2 atom stereocenters. The van der Waals surface area contributed by atoms with Crippen LogP contribution in [0.2, 0.25) is 0 Å². The number of fused-ring (bicyclic) bond motifs is 1. The second-order valence-electron chi connectivity index (χ2n) is 7.16. The smallest absolute Gasteiger partial charge is 0.257 e. The number of carbonyl (C=O) groups excluding carboxylic acids is 1. The third kappa shape index (κ3) is 3.84. The van der Waals surface area contributed by atoms with Gasteiger partial charge in [-0.2, -0.15) is 5.10 Å². The summed E-state index contributed by atoms with van der Waals surface area (Å²) in [5, 5.41) is 7.40. The van der Waals surface area contributed by atoms with E-state index < -0.39 is 0 Å². The molecule has 1 amide bonds. The maximum Gasteiger partial charge on any atom is 0.257 e. The number of carbonyl (C=O) groups is 1. The Morgan fingerprint density at radius 3 is 2.84 bits per heavy atom. The number of aromatic nitrogens is 3. The van der Waals surface area contributed by atoms with Crippen molar-refractivity contribution in [1.29, 1.82) is 0 Å². The Balaban J connectivity index is 1.62. The predicted octanol–water partition coefficient (Wildman–Crippen LogP) is 2.98. The number of ether oxygens (including phenoxy) is 1. The van der Waals surface area contributed by atoms with Gasteiger partial charge < -0.3 is 10.1 Å². The third-order valence-electron chi connectivity index (χ3n) is 5.05. The third-order valence-corrected chi connectivity index (χ3v) is 5.05. The summed E-state index contributed by atoms with van der Waals surface area (Å²) in [4.78, 5) is 17.1. The molecule has 0 unspecified atom stereocenters. The van der Waals surface area contributed by atoms with Gasteiger partial charge in [0.1, 0.15) is 5.56 Å². The van der Waals surface area contributed by atoms with E-state index in [9.17, 15) is 4.79 Å². The van der Waals surface area contributed by atoms with Gasteiger partial charge in [-0.3, -0.25) is 4.79 Å². The van der Waals surface area contributed by atoms with Crippen LogP contribution in [0, 0.1) is 26.7 Å². The minimum absolute atomic E-state index is 0.134. The largest absolute Gasteiger partial charge is 0.376 e. The van der Waals surface area contributed by atoms with Crippen molar-refractivity contribution in [2.45, 2.75) is 59.5 Å². The van der Waals surface area contributed by atoms with Crippen molar-refractivity contribution in [3.63, 3.8) is 0 Å². The van der Waals surface area contributed by atoms with Crippen LogP contribution in [0.1, 0.15) is 60.0 Å². The average molecular weight is 344 g/mol. The molecule has 3 rings (SSSR count). The van der Waals surface area contributed by atoms with E-state index in [1.54, 1.807) is 4.52 Å². The van der Waals surface area contributed by atoms with Gasteiger partial charge in [-0.1, -0.05) is 19.8 Å². The van der Waals surface area contributed by atoms with Crippen LogP contribution < -0.4 is 5.32 Å². The molecule has 0 spiro atoms. The highest BCUT2D eigenvalue weighted by molar-refractivity contribution is 6.01. The van der Waals surface area contributed by atoms with E-state index in [2.05, 4.69) is 22.3 Å². The van der Waals surface area contributed by atoms with Crippen LogP contribution in [-0.4, -0.2) is 39.8 Å². The van der Waals surface area contributed by atoms with Crippen LogP contribution in [0.5, 0.6) is 0 Å². The lowest BCUT2D eigenvalue weighted by molar-refractivity contribution is -0.00293. The summed E-state index contributed by atoms with van der Waals surface area (Å²) in [5.74, 6) is 0.478. The first-order chi connectivity index (χ1) is 12.0. The monoisotopic (exact) mass is 344 g/mol. The Morgan fingerprint density at radius 2 is 2.08 bits per heavy atom. The van der Waals surface area contributed by atoms with Gasteiger partial charge in [-0.15, -0.1) is 0 Å². The van der Waals surface area contributed by atoms with Crippen molar-refractivity contribution in [3.05, 3.63) is 28.7 Å². The van der Waals surface area contributed by atoms with Crippen LogP contribution in [-0.2, 0) is 4.74 Å². The minimum atomic E-state index is -0.134. The number of aryl methyl sites for hydroxylation is 3. The van der Waals surface area contributed by atoms with E-state index in [0.29, 0.717) is 42.1 Å². The maximum absolute atomic E-state index is 12.6. The number of nitrogens with zero attached hydrogens (tertiary/aromatic N) is 3. The summed E-state index contributed by atoms with van der Waals surface area (Å²) >= 11 is 0. The van der Waals surface area contributed by atoms with E-state index in [-0.39, 0.29) is 5.91 Å². The molecule has 136 valence electrons. The molecule has 1 N–H and O–H groups in total. The van der Waals surface area contributed by atoms with Gasteiger partial charge in [0.05, 0.1) is 18.4 Å². The summed E-state index contributed by atoms with van der Waals surface area (Å²) in [6.45, 7) is 9.04. The molecule has 2 heterocycles. The molecule has 1 saturated carbocycles. The number of hydrogen-bond donors (Lipinski definition) is 1. The standard InChI is InChI=1S/C19H28N4O2/c1-12-7-5-6-8-16(12)25-10-9-20-19(24)17-15(4)22-23-14(3)11-13(2)21-18(17)23/h11-12,16H,5-10H2,1-4H3,(H,20,24)/t12-,16-/m1/s1. The van der Waals surface area contributed by atoms with Crippen molar-refractivity contribution < 1.29 is 9.53 Å². The molecule has 1 fully saturated rings. The lowest BCUT2D eigenvalue weighted by atomic mass is 9.88. The van der Waals surface area contributed by atoms with E-state index >= 15 is 0 Å². The van der Waals surface area contributed by atoms with Crippen molar-refractivity contribution in [2.24, 2.45) is 5.92 Å². The summed E-state index contributed by atoms with van der Waals surface area (Å²) in [6.07, 6.45) is 5.25. The zero-order valence-corrected chi connectivity index (χ0v) is 15.6. The Kier molecular flexibility index (Phi) is 5.37. The van der Waals surface area contributed by atoms with E-state index in [1.807, 2.05) is 26.8 Å². The zero-order valence-electron chi connectivity index (χ0n) is 15.6. The highest BCUT2D eigenvalue weighted by Crippen LogP contribution is 2.26. The van der Waals surface area contributed by atoms with Crippen LogP contribution in [0.4, 0.5) is 0 Å². The van der Waals surface area contributed by atoms with E-state index in [4.69, 9.17) is 4.74 Å². The summed E-state index contributed by atoms with van der Waals surface area (Å²) in [6, 6.07) is 1.96. The van der Waals surface area contributed by atoms with E-state index in [0.717, 1.165) is 17.8 Å². The Morgan fingerprint density at radius 1 is 1.32 bits per heavy atom. The Hall–Kier alpha value is -1.95. The number of hydrogen-bond acceptors (Lipinski definition) is 4. The summed E-state index contributed by atoms with van der Waals surface area (Å²) in [7, 11) is 0. The lowest BCUT2D eigenvalue weighted by Crippen LogP contribution is -2.32. The molecule has 0 radical (unpaired) electrons. The fourth-order valence-corrected chi connectivity index (χ4v) is 3.69. The molecule has 1 aliphatic carbocycles. The zero-order chi connectivity index (χ0) is 18.0. The quantitative estimate of drug-likeness (QED) is 0.847. The number of rotatable bonds is 5. The van der Waals surface area contributed by atoms with Gasteiger partial charge >= 0.3 is 0 Å². The molecule has 2 aromatic heterocycles. The van der Waals surface area contributed by atoms with Gasteiger partial charge in [-0.25, -0.2) is 9.50 Å². The first-order valence-electron chi connectivity index (χ1n) is 9.20. The van der Waals surface area contributed by atoms with Crippen LogP contribution in [0.25, 0.3) is 5.65 Å². The molecule has 1 aliphatic rings. The summed E-state index contributed by atoms with van der Waals surface area (Å²) < 4.78 is 7.70. The number of amides is 1. The van der Waals surface area contributed by atoms with Crippen LogP contribution >= 0.6 is 0 Å². The van der Waals surface area contributed by atoms with Crippen LogP contribution in [0.3, 0.4) is 0 Å². The SMILES string of the molecule is Cc1cc(C)n2nc(C)c(C(=O)NCCO[C@@H]3CCCC[C@H]3C)c2n1. The van der Waals surface area contributed by atoms with Crippen molar-refractivity contribution in [1.82, 2.24) is 19.9 Å². The molecular weight excluding hydrogens is 316 g/mol. The first-order valence-corrected chi connectivity index (χ1v) is 9.20. The Bertz CT molecular complexity index is 768. The fraction of sp³-hybridized carbons (Fsp3) is 0.632.